The van der Waals surface area contributed by atoms with E-state index in [0.29, 0.717) is 12.8 Å². The summed E-state index contributed by atoms with van der Waals surface area (Å²) in [5.74, 6) is -0.390. The highest BCUT2D eigenvalue weighted by Crippen LogP contribution is 2.20. The van der Waals surface area contributed by atoms with Crippen LogP contribution in [0.4, 0.5) is 18.0 Å². The molecule has 1 N–H and O–H groups in total. The second-order valence-corrected chi connectivity index (χ2v) is 3.99. The third-order valence-electron chi connectivity index (χ3n) is 2.65. The first kappa shape index (κ1) is 14.6. The molecular formula is C10H15F3N2O3. The molecule has 1 aliphatic rings. The van der Waals surface area contributed by atoms with Crippen molar-refractivity contribution in [2.75, 3.05) is 20.2 Å². The summed E-state index contributed by atoms with van der Waals surface area (Å²) in [7, 11) is 1.41. The average Bonchev–Trinajstić information content (AvgIpc) is 2.34. The molecule has 0 aromatic heterocycles. The summed E-state index contributed by atoms with van der Waals surface area (Å²) in [6.45, 7) is -1.41. The SMILES string of the molecule is CNC(=O)C1CCCCN1C(=O)OCC(F)(F)F. The molecule has 2 amide bonds. The van der Waals surface area contributed by atoms with Crippen LogP contribution in [0.15, 0.2) is 0 Å². The number of piperidine rings is 1. The van der Waals surface area contributed by atoms with Gasteiger partial charge in [-0.3, -0.25) is 9.69 Å². The number of ether oxygens (including phenoxy) is 1. The monoisotopic (exact) mass is 268 g/mol. The lowest BCUT2D eigenvalue weighted by Gasteiger charge is -2.33. The third kappa shape index (κ3) is 4.08. The van der Waals surface area contributed by atoms with Crippen LogP contribution in [0.25, 0.3) is 0 Å². The van der Waals surface area contributed by atoms with E-state index >= 15 is 0 Å². The number of likely N-dealkylation sites (tertiary alicyclic amines) is 1. The van der Waals surface area contributed by atoms with Gasteiger partial charge < -0.3 is 10.1 Å². The van der Waals surface area contributed by atoms with Crippen molar-refractivity contribution in [3.05, 3.63) is 0 Å². The number of alkyl halides is 3. The molecule has 1 heterocycles. The Morgan fingerprint density at radius 1 is 1.39 bits per heavy atom. The molecule has 0 radical (unpaired) electrons. The van der Waals surface area contributed by atoms with Crippen LogP contribution in [-0.2, 0) is 9.53 Å². The van der Waals surface area contributed by atoms with E-state index in [1.165, 1.54) is 7.05 Å². The van der Waals surface area contributed by atoms with Gasteiger partial charge in [0.2, 0.25) is 5.91 Å². The summed E-state index contributed by atoms with van der Waals surface area (Å²) in [6, 6.07) is -0.746. The Balaban J connectivity index is 2.60. The number of carbonyl (C=O) groups excluding carboxylic acids is 2. The number of nitrogens with one attached hydrogen (secondary N) is 1. The number of nitrogens with zero attached hydrogens (tertiary/aromatic N) is 1. The standard InChI is InChI=1S/C10H15F3N2O3/c1-14-8(16)7-4-2-3-5-15(7)9(17)18-6-10(11,12)13/h7H,2-6H2,1H3,(H,14,16). The first-order chi connectivity index (χ1) is 8.35. The quantitative estimate of drug-likeness (QED) is 0.821. The highest BCUT2D eigenvalue weighted by atomic mass is 19.4. The van der Waals surface area contributed by atoms with Crippen molar-refractivity contribution in [2.45, 2.75) is 31.5 Å². The van der Waals surface area contributed by atoms with E-state index < -0.39 is 30.8 Å². The number of hydrogen-bond acceptors (Lipinski definition) is 3. The summed E-state index contributed by atoms with van der Waals surface area (Å²) in [4.78, 5) is 24.0. The van der Waals surface area contributed by atoms with E-state index in [9.17, 15) is 22.8 Å². The molecule has 0 aromatic carbocycles. The maximum atomic E-state index is 11.9. The van der Waals surface area contributed by atoms with Crippen molar-refractivity contribution >= 4 is 12.0 Å². The minimum absolute atomic E-state index is 0.231. The molecule has 1 saturated heterocycles. The zero-order chi connectivity index (χ0) is 13.8. The largest absolute Gasteiger partial charge is 0.440 e. The van der Waals surface area contributed by atoms with Gasteiger partial charge in [-0.05, 0) is 19.3 Å². The van der Waals surface area contributed by atoms with Gasteiger partial charge >= 0.3 is 12.3 Å². The summed E-state index contributed by atoms with van der Waals surface area (Å²) >= 11 is 0. The van der Waals surface area contributed by atoms with E-state index in [1.807, 2.05) is 0 Å². The van der Waals surface area contributed by atoms with Gasteiger partial charge in [0.1, 0.15) is 6.04 Å². The maximum absolute atomic E-state index is 11.9. The smallest absolute Gasteiger partial charge is 0.422 e. The van der Waals surface area contributed by atoms with Gasteiger partial charge in [0.25, 0.3) is 0 Å². The molecule has 8 heteroatoms. The van der Waals surface area contributed by atoms with E-state index in [4.69, 9.17) is 0 Å². The lowest BCUT2D eigenvalue weighted by atomic mass is 10.0. The molecule has 0 bridgehead atoms. The Kier molecular flexibility index (Phi) is 4.80. The predicted octanol–water partition coefficient (Wildman–Crippen LogP) is 1.29. The van der Waals surface area contributed by atoms with Gasteiger partial charge in [-0.25, -0.2) is 4.79 Å². The number of hydrogen-bond donors (Lipinski definition) is 1. The maximum Gasteiger partial charge on any atom is 0.422 e. The van der Waals surface area contributed by atoms with Crippen molar-refractivity contribution in [2.24, 2.45) is 0 Å². The number of amides is 2. The van der Waals surface area contributed by atoms with Gasteiger partial charge in [0, 0.05) is 13.6 Å². The van der Waals surface area contributed by atoms with Crippen molar-refractivity contribution in [1.29, 1.82) is 0 Å². The molecule has 0 aliphatic carbocycles. The van der Waals surface area contributed by atoms with Crippen molar-refractivity contribution in [1.82, 2.24) is 10.2 Å². The van der Waals surface area contributed by atoms with Gasteiger partial charge in [-0.2, -0.15) is 13.2 Å². The van der Waals surface area contributed by atoms with Gasteiger partial charge in [0.05, 0.1) is 0 Å². The highest BCUT2D eigenvalue weighted by Gasteiger charge is 2.35. The number of rotatable bonds is 2. The minimum Gasteiger partial charge on any atom is -0.440 e. The fourth-order valence-electron chi connectivity index (χ4n) is 1.82. The van der Waals surface area contributed by atoms with Gasteiger partial charge in [0.15, 0.2) is 6.61 Å². The summed E-state index contributed by atoms with van der Waals surface area (Å²) in [5.41, 5.74) is 0. The van der Waals surface area contributed by atoms with E-state index in [-0.39, 0.29) is 6.54 Å². The second kappa shape index (κ2) is 5.92. The summed E-state index contributed by atoms with van der Waals surface area (Å²) < 4.78 is 39.9. The molecule has 0 spiro atoms. The molecule has 0 aromatic rings. The van der Waals surface area contributed by atoms with Crippen LogP contribution in [0.1, 0.15) is 19.3 Å². The van der Waals surface area contributed by atoms with E-state index in [0.717, 1.165) is 11.3 Å². The molecule has 1 aliphatic heterocycles. The van der Waals surface area contributed by atoms with Gasteiger partial charge in [-0.15, -0.1) is 0 Å². The molecule has 1 unspecified atom stereocenters. The van der Waals surface area contributed by atoms with Crippen LogP contribution in [0.5, 0.6) is 0 Å². The first-order valence-electron chi connectivity index (χ1n) is 5.57. The van der Waals surface area contributed by atoms with Crippen LogP contribution in [0.2, 0.25) is 0 Å². The zero-order valence-corrected chi connectivity index (χ0v) is 9.92. The lowest BCUT2D eigenvalue weighted by Crippen LogP contribution is -2.51. The van der Waals surface area contributed by atoms with Crippen molar-refractivity contribution < 1.29 is 27.5 Å². The zero-order valence-electron chi connectivity index (χ0n) is 9.92. The molecule has 0 saturated carbocycles. The number of likely N-dealkylation sites (N-methyl/N-ethyl adjacent to an activating group) is 1. The number of carbonyl (C=O) groups is 2. The fraction of sp³-hybridized carbons (Fsp3) is 0.800. The minimum atomic E-state index is -4.56. The van der Waals surface area contributed by atoms with Gasteiger partial charge in [-0.1, -0.05) is 0 Å². The Labute approximate surface area is 102 Å². The Morgan fingerprint density at radius 3 is 2.61 bits per heavy atom. The molecular weight excluding hydrogens is 253 g/mol. The molecule has 18 heavy (non-hydrogen) atoms. The van der Waals surface area contributed by atoms with Crippen LogP contribution < -0.4 is 5.32 Å². The first-order valence-corrected chi connectivity index (χ1v) is 5.57. The normalized spacial score (nSPS) is 20.4. The highest BCUT2D eigenvalue weighted by molar-refractivity contribution is 5.85. The van der Waals surface area contributed by atoms with Crippen LogP contribution in [0, 0.1) is 0 Å². The number of halogens is 3. The van der Waals surface area contributed by atoms with E-state index in [1.54, 1.807) is 0 Å². The Bertz CT molecular complexity index is 320. The fourth-order valence-corrected chi connectivity index (χ4v) is 1.82. The summed E-state index contributed by atoms with van der Waals surface area (Å²) in [6.07, 6.45) is -3.83. The topological polar surface area (TPSA) is 58.6 Å². The van der Waals surface area contributed by atoms with Crippen molar-refractivity contribution in [3.63, 3.8) is 0 Å². The molecule has 104 valence electrons. The molecule has 5 nitrogen and oxygen atoms in total. The Morgan fingerprint density at radius 2 is 2.06 bits per heavy atom. The lowest BCUT2D eigenvalue weighted by molar-refractivity contribution is -0.163. The molecule has 1 rings (SSSR count). The third-order valence-corrected chi connectivity index (χ3v) is 2.65. The Hall–Kier alpha value is -1.47. The second-order valence-electron chi connectivity index (χ2n) is 3.99. The molecule has 1 atom stereocenters. The van der Waals surface area contributed by atoms with Crippen molar-refractivity contribution in [3.8, 4) is 0 Å². The summed E-state index contributed by atoms with van der Waals surface area (Å²) in [5, 5.41) is 2.38. The van der Waals surface area contributed by atoms with Crippen LogP contribution in [0.3, 0.4) is 0 Å². The van der Waals surface area contributed by atoms with E-state index in [2.05, 4.69) is 10.1 Å². The predicted molar refractivity (Wildman–Crippen MR) is 55.8 cm³/mol. The average molecular weight is 268 g/mol. The van der Waals surface area contributed by atoms with Crippen LogP contribution >= 0.6 is 0 Å². The molecule has 1 fully saturated rings. The van der Waals surface area contributed by atoms with Crippen LogP contribution in [-0.4, -0.2) is 49.3 Å².